The zero-order valence-corrected chi connectivity index (χ0v) is 10.8. The number of hydrogen-bond acceptors (Lipinski definition) is 3. The van der Waals surface area contributed by atoms with E-state index in [1.165, 1.54) is 6.08 Å². The standard InChI is InChI=1S/C13H18N4O2/c1-2-12(18)14-6-5-13(19)17-7-3-4-11-10(9-17)8-15-16-11/h2,8H,1,3-7,9H2,(H,14,18)(H,15,16). The van der Waals surface area contributed by atoms with E-state index in [0.717, 1.165) is 30.6 Å². The molecule has 2 heterocycles. The molecule has 1 aliphatic rings. The third-order valence-corrected chi connectivity index (χ3v) is 3.20. The monoisotopic (exact) mass is 262 g/mol. The second-order valence-corrected chi connectivity index (χ2v) is 4.54. The lowest BCUT2D eigenvalue weighted by atomic mass is 10.2. The number of aryl methyl sites for hydroxylation is 1. The molecule has 1 aromatic rings. The molecular formula is C13H18N4O2. The summed E-state index contributed by atoms with van der Waals surface area (Å²) in [5, 5.41) is 9.58. The lowest BCUT2D eigenvalue weighted by Crippen LogP contribution is -2.34. The van der Waals surface area contributed by atoms with E-state index in [2.05, 4.69) is 22.1 Å². The number of aromatic nitrogens is 2. The van der Waals surface area contributed by atoms with Gasteiger partial charge in [0.25, 0.3) is 0 Å². The van der Waals surface area contributed by atoms with Crippen LogP contribution in [0, 0.1) is 0 Å². The van der Waals surface area contributed by atoms with Gasteiger partial charge in [-0.2, -0.15) is 5.10 Å². The van der Waals surface area contributed by atoms with E-state index in [0.29, 0.717) is 19.5 Å². The van der Waals surface area contributed by atoms with Crippen LogP contribution in [0.1, 0.15) is 24.1 Å². The summed E-state index contributed by atoms with van der Waals surface area (Å²) in [4.78, 5) is 24.9. The van der Waals surface area contributed by atoms with E-state index in [1.807, 2.05) is 4.90 Å². The number of amides is 2. The smallest absolute Gasteiger partial charge is 0.243 e. The Morgan fingerprint density at radius 2 is 2.42 bits per heavy atom. The Balaban J connectivity index is 1.86. The molecule has 6 heteroatoms. The van der Waals surface area contributed by atoms with Gasteiger partial charge in [-0.1, -0.05) is 6.58 Å². The van der Waals surface area contributed by atoms with Crippen LogP contribution in [0.15, 0.2) is 18.9 Å². The maximum Gasteiger partial charge on any atom is 0.243 e. The van der Waals surface area contributed by atoms with Gasteiger partial charge < -0.3 is 10.2 Å². The minimum atomic E-state index is -0.249. The fourth-order valence-corrected chi connectivity index (χ4v) is 2.16. The average Bonchev–Trinajstić information content (AvgIpc) is 2.75. The van der Waals surface area contributed by atoms with Crippen LogP contribution in [0.3, 0.4) is 0 Å². The van der Waals surface area contributed by atoms with Crippen LogP contribution in [-0.2, 0) is 22.6 Å². The third kappa shape index (κ3) is 3.43. The number of carbonyl (C=O) groups is 2. The van der Waals surface area contributed by atoms with E-state index in [-0.39, 0.29) is 11.8 Å². The molecule has 2 amide bonds. The van der Waals surface area contributed by atoms with Gasteiger partial charge in [-0.3, -0.25) is 14.7 Å². The largest absolute Gasteiger partial charge is 0.352 e. The predicted molar refractivity (Wildman–Crippen MR) is 70.1 cm³/mol. The normalized spacial score (nSPS) is 14.4. The number of nitrogens with zero attached hydrogens (tertiary/aromatic N) is 2. The van der Waals surface area contributed by atoms with Crippen LogP contribution in [0.25, 0.3) is 0 Å². The topological polar surface area (TPSA) is 78.1 Å². The molecule has 19 heavy (non-hydrogen) atoms. The van der Waals surface area contributed by atoms with Crippen molar-refractivity contribution in [1.82, 2.24) is 20.4 Å². The Morgan fingerprint density at radius 1 is 1.58 bits per heavy atom. The highest BCUT2D eigenvalue weighted by Crippen LogP contribution is 2.16. The van der Waals surface area contributed by atoms with Gasteiger partial charge in [0.1, 0.15) is 0 Å². The quantitative estimate of drug-likeness (QED) is 0.770. The van der Waals surface area contributed by atoms with Crippen molar-refractivity contribution in [3.8, 4) is 0 Å². The van der Waals surface area contributed by atoms with Gasteiger partial charge >= 0.3 is 0 Å². The molecule has 0 spiro atoms. The summed E-state index contributed by atoms with van der Waals surface area (Å²) >= 11 is 0. The molecule has 102 valence electrons. The molecule has 0 unspecified atom stereocenters. The number of rotatable bonds is 4. The molecule has 1 aliphatic heterocycles. The van der Waals surface area contributed by atoms with Gasteiger partial charge in [-0.25, -0.2) is 0 Å². The van der Waals surface area contributed by atoms with Crippen molar-refractivity contribution >= 4 is 11.8 Å². The van der Waals surface area contributed by atoms with Crippen molar-refractivity contribution in [1.29, 1.82) is 0 Å². The second-order valence-electron chi connectivity index (χ2n) is 4.54. The highest BCUT2D eigenvalue weighted by molar-refractivity contribution is 5.87. The summed E-state index contributed by atoms with van der Waals surface area (Å²) in [5.74, 6) is -0.195. The van der Waals surface area contributed by atoms with E-state index >= 15 is 0 Å². The Bertz CT molecular complexity index is 481. The van der Waals surface area contributed by atoms with Gasteiger partial charge in [0, 0.05) is 37.3 Å². The lowest BCUT2D eigenvalue weighted by Gasteiger charge is -2.20. The van der Waals surface area contributed by atoms with Gasteiger partial charge in [0.05, 0.1) is 6.20 Å². The highest BCUT2D eigenvalue weighted by Gasteiger charge is 2.19. The lowest BCUT2D eigenvalue weighted by molar-refractivity contribution is -0.131. The summed E-state index contributed by atoms with van der Waals surface area (Å²) in [6.07, 6.45) is 5.15. The number of hydrogen-bond donors (Lipinski definition) is 2. The maximum atomic E-state index is 12.1. The van der Waals surface area contributed by atoms with Gasteiger partial charge in [-0.05, 0) is 18.9 Å². The van der Waals surface area contributed by atoms with Crippen molar-refractivity contribution in [2.24, 2.45) is 0 Å². The van der Waals surface area contributed by atoms with Crippen molar-refractivity contribution in [2.45, 2.75) is 25.8 Å². The van der Waals surface area contributed by atoms with Gasteiger partial charge in [0.15, 0.2) is 0 Å². The fraction of sp³-hybridized carbons (Fsp3) is 0.462. The molecule has 0 saturated heterocycles. The molecule has 0 bridgehead atoms. The molecule has 0 atom stereocenters. The van der Waals surface area contributed by atoms with Crippen molar-refractivity contribution < 1.29 is 9.59 Å². The van der Waals surface area contributed by atoms with E-state index < -0.39 is 0 Å². The van der Waals surface area contributed by atoms with Gasteiger partial charge in [-0.15, -0.1) is 0 Å². The highest BCUT2D eigenvalue weighted by atomic mass is 16.2. The minimum Gasteiger partial charge on any atom is -0.352 e. The summed E-state index contributed by atoms with van der Waals surface area (Å²) in [6.45, 7) is 5.05. The maximum absolute atomic E-state index is 12.1. The van der Waals surface area contributed by atoms with Crippen molar-refractivity contribution in [3.63, 3.8) is 0 Å². The van der Waals surface area contributed by atoms with Crippen LogP contribution >= 0.6 is 0 Å². The Hall–Kier alpha value is -2.11. The molecule has 0 radical (unpaired) electrons. The molecule has 1 aromatic heterocycles. The number of nitrogens with one attached hydrogen (secondary N) is 2. The van der Waals surface area contributed by atoms with E-state index in [9.17, 15) is 9.59 Å². The fourth-order valence-electron chi connectivity index (χ4n) is 2.16. The third-order valence-electron chi connectivity index (χ3n) is 3.20. The second kappa shape index (κ2) is 6.17. The van der Waals surface area contributed by atoms with E-state index in [1.54, 1.807) is 6.20 Å². The minimum absolute atomic E-state index is 0.0541. The molecule has 2 N–H and O–H groups in total. The number of fused-ring (bicyclic) bond motifs is 1. The summed E-state index contributed by atoms with van der Waals surface area (Å²) in [7, 11) is 0. The Kier molecular flexibility index (Phi) is 4.33. The first-order chi connectivity index (χ1) is 9.20. The summed E-state index contributed by atoms with van der Waals surface area (Å²) < 4.78 is 0. The zero-order chi connectivity index (χ0) is 13.7. The van der Waals surface area contributed by atoms with Crippen LogP contribution in [0.4, 0.5) is 0 Å². The Morgan fingerprint density at radius 3 is 3.21 bits per heavy atom. The molecule has 0 saturated carbocycles. The zero-order valence-electron chi connectivity index (χ0n) is 10.8. The number of carbonyl (C=O) groups excluding carboxylic acids is 2. The molecule has 2 rings (SSSR count). The molecule has 0 aliphatic carbocycles. The van der Waals surface area contributed by atoms with Crippen molar-refractivity contribution in [2.75, 3.05) is 13.1 Å². The molecule has 0 aromatic carbocycles. The van der Waals surface area contributed by atoms with Gasteiger partial charge in [0.2, 0.25) is 11.8 Å². The van der Waals surface area contributed by atoms with Crippen LogP contribution in [0.2, 0.25) is 0 Å². The first-order valence-corrected chi connectivity index (χ1v) is 6.40. The predicted octanol–water partition coefficient (Wildman–Crippen LogP) is 0.377. The van der Waals surface area contributed by atoms with Crippen LogP contribution in [-0.4, -0.2) is 40.0 Å². The summed E-state index contributed by atoms with van der Waals surface area (Å²) in [5.41, 5.74) is 2.20. The molecular weight excluding hydrogens is 244 g/mol. The average molecular weight is 262 g/mol. The first-order valence-electron chi connectivity index (χ1n) is 6.40. The van der Waals surface area contributed by atoms with Crippen molar-refractivity contribution in [3.05, 3.63) is 30.1 Å². The Labute approximate surface area is 111 Å². The summed E-state index contributed by atoms with van der Waals surface area (Å²) in [6, 6.07) is 0. The first kappa shape index (κ1) is 13.3. The number of aromatic amines is 1. The number of H-pyrrole nitrogens is 1. The van der Waals surface area contributed by atoms with E-state index in [4.69, 9.17) is 0 Å². The SMILES string of the molecule is C=CC(=O)NCCC(=O)N1CCCc2[nH]ncc2C1. The van der Waals surface area contributed by atoms with Crippen LogP contribution < -0.4 is 5.32 Å². The molecule has 0 fully saturated rings. The molecule has 6 nitrogen and oxygen atoms in total. The van der Waals surface area contributed by atoms with Crippen LogP contribution in [0.5, 0.6) is 0 Å².